The first kappa shape index (κ1) is 12.8. The molecule has 0 aromatic heterocycles. The third-order valence-corrected chi connectivity index (χ3v) is 2.62. The molecule has 3 heteroatoms. The second-order valence-corrected chi connectivity index (χ2v) is 4.16. The van der Waals surface area contributed by atoms with Crippen molar-refractivity contribution >= 4 is 11.4 Å². The van der Waals surface area contributed by atoms with E-state index in [2.05, 4.69) is 19.2 Å². The zero-order valence-electron chi connectivity index (χ0n) is 10.4. The van der Waals surface area contributed by atoms with E-state index in [1.165, 1.54) is 5.56 Å². The van der Waals surface area contributed by atoms with Crippen LogP contribution in [0.15, 0.2) is 18.2 Å². The van der Waals surface area contributed by atoms with E-state index >= 15 is 0 Å². The van der Waals surface area contributed by atoms with Crippen molar-refractivity contribution in [1.82, 2.24) is 0 Å². The number of ether oxygens (including phenoxy) is 1. The van der Waals surface area contributed by atoms with Gasteiger partial charge in [0.05, 0.1) is 6.61 Å². The maximum Gasteiger partial charge on any atom is 0.0664 e. The maximum atomic E-state index is 5.72. The minimum atomic E-state index is 0.373. The van der Waals surface area contributed by atoms with Crippen LogP contribution in [0.3, 0.4) is 0 Å². The van der Waals surface area contributed by atoms with E-state index in [-0.39, 0.29) is 0 Å². The van der Waals surface area contributed by atoms with E-state index in [4.69, 9.17) is 10.5 Å². The molecule has 0 aliphatic carbocycles. The van der Waals surface area contributed by atoms with E-state index in [9.17, 15) is 0 Å². The van der Waals surface area contributed by atoms with Crippen molar-refractivity contribution in [3.8, 4) is 0 Å². The third-order valence-electron chi connectivity index (χ3n) is 2.62. The standard InChI is InChI=1S/C13H22N2O/c1-4-5-12(9-16-3)15-13-7-6-11(14)8-10(13)2/h6-8,12,15H,4-5,9,14H2,1-3H3. The lowest BCUT2D eigenvalue weighted by Gasteiger charge is -2.20. The highest BCUT2D eigenvalue weighted by molar-refractivity contribution is 5.57. The molecule has 0 saturated carbocycles. The summed E-state index contributed by atoms with van der Waals surface area (Å²) >= 11 is 0. The number of anilines is 2. The van der Waals surface area contributed by atoms with E-state index in [1.807, 2.05) is 18.2 Å². The summed E-state index contributed by atoms with van der Waals surface area (Å²) in [6.07, 6.45) is 2.26. The van der Waals surface area contributed by atoms with Crippen LogP contribution in [0.25, 0.3) is 0 Å². The van der Waals surface area contributed by atoms with Gasteiger partial charge in [-0.2, -0.15) is 0 Å². The molecule has 16 heavy (non-hydrogen) atoms. The highest BCUT2D eigenvalue weighted by atomic mass is 16.5. The summed E-state index contributed by atoms with van der Waals surface area (Å²) in [6, 6.07) is 6.31. The Hall–Kier alpha value is -1.22. The fraction of sp³-hybridized carbons (Fsp3) is 0.538. The largest absolute Gasteiger partial charge is 0.399 e. The smallest absolute Gasteiger partial charge is 0.0664 e. The predicted octanol–water partition coefficient (Wildman–Crippen LogP) is 2.80. The SMILES string of the molecule is CCCC(COC)Nc1ccc(N)cc1C. The van der Waals surface area contributed by atoms with Gasteiger partial charge in [-0.05, 0) is 37.1 Å². The molecular weight excluding hydrogens is 200 g/mol. The molecule has 0 aliphatic heterocycles. The van der Waals surface area contributed by atoms with Crippen molar-refractivity contribution in [3.05, 3.63) is 23.8 Å². The van der Waals surface area contributed by atoms with Crippen LogP contribution in [0.5, 0.6) is 0 Å². The fourth-order valence-corrected chi connectivity index (χ4v) is 1.82. The Balaban J connectivity index is 2.68. The van der Waals surface area contributed by atoms with Crippen LogP contribution in [-0.2, 0) is 4.74 Å². The lowest BCUT2D eigenvalue weighted by atomic mass is 10.1. The quantitative estimate of drug-likeness (QED) is 0.728. The zero-order valence-corrected chi connectivity index (χ0v) is 10.4. The summed E-state index contributed by atoms with van der Waals surface area (Å²) in [6.45, 7) is 4.98. The first-order valence-corrected chi connectivity index (χ1v) is 5.79. The van der Waals surface area contributed by atoms with Crippen molar-refractivity contribution in [1.29, 1.82) is 0 Å². The summed E-state index contributed by atoms with van der Waals surface area (Å²) in [7, 11) is 1.74. The van der Waals surface area contributed by atoms with Gasteiger partial charge in [0.15, 0.2) is 0 Å². The third kappa shape index (κ3) is 3.74. The minimum Gasteiger partial charge on any atom is -0.399 e. The molecule has 1 rings (SSSR count). The van der Waals surface area contributed by atoms with Crippen molar-refractivity contribution in [3.63, 3.8) is 0 Å². The number of nitrogens with one attached hydrogen (secondary N) is 1. The molecule has 0 fully saturated rings. The number of nitrogen functional groups attached to an aromatic ring is 1. The van der Waals surface area contributed by atoms with Crippen LogP contribution in [0.1, 0.15) is 25.3 Å². The van der Waals surface area contributed by atoms with Crippen molar-refractivity contribution in [2.75, 3.05) is 24.8 Å². The highest BCUT2D eigenvalue weighted by Crippen LogP contribution is 2.19. The van der Waals surface area contributed by atoms with Crippen molar-refractivity contribution in [2.45, 2.75) is 32.7 Å². The number of hydrogen-bond donors (Lipinski definition) is 2. The Morgan fingerprint density at radius 1 is 1.44 bits per heavy atom. The zero-order chi connectivity index (χ0) is 12.0. The second-order valence-electron chi connectivity index (χ2n) is 4.16. The maximum absolute atomic E-state index is 5.72. The van der Waals surface area contributed by atoms with Crippen LogP contribution in [0, 0.1) is 6.92 Å². The number of aryl methyl sites for hydroxylation is 1. The molecule has 3 nitrogen and oxygen atoms in total. The summed E-state index contributed by atoms with van der Waals surface area (Å²) in [5.74, 6) is 0. The van der Waals surface area contributed by atoms with Gasteiger partial charge < -0.3 is 15.8 Å². The average Bonchev–Trinajstić information content (AvgIpc) is 2.23. The van der Waals surface area contributed by atoms with E-state index < -0.39 is 0 Å². The molecule has 1 atom stereocenters. The summed E-state index contributed by atoms with van der Waals surface area (Å²) in [5.41, 5.74) is 8.85. The topological polar surface area (TPSA) is 47.3 Å². The summed E-state index contributed by atoms with van der Waals surface area (Å²) < 4.78 is 5.21. The second kappa shape index (κ2) is 6.38. The van der Waals surface area contributed by atoms with Gasteiger partial charge in [0.1, 0.15) is 0 Å². The number of hydrogen-bond acceptors (Lipinski definition) is 3. The lowest BCUT2D eigenvalue weighted by molar-refractivity contribution is 0.182. The molecule has 1 aromatic carbocycles. The average molecular weight is 222 g/mol. The molecule has 0 radical (unpaired) electrons. The molecule has 0 saturated heterocycles. The first-order valence-electron chi connectivity index (χ1n) is 5.79. The van der Waals surface area contributed by atoms with Crippen LogP contribution < -0.4 is 11.1 Å². The van der Waals surface area contributed by atoms with Gasteiger partial charge in [0.25, 0.3) is 0 Å². The van der Waals surface area contributed by atoms with E-state index in [0.29, 0.717) is 6.04 Å². The molecule has 1 aromatic rings. The molecule has 90 valence electrons. The molecule has 1 unspecified atom stereocenters. The fourth-order valence-electron chi connectivity index (χ4n) is 1.82. The Kier molecular flexibility index (Phi) is 5.12. The van der Waals surface area contributed by atoms with Gasteiger partial charge in [-0.15, -0.1) is 0 Å². The van der Waals surface area contributed by atoms with Crippen molar-refractivity contribution < 1.29 is 4.74 Å². The number of benzene rings is 1. The monoisotopic (exact) mass is 222 g/mol. The lowest BCUT2D eigenvalue weighted by Crippen LogP contribution is -2.25. The number of methoxy groups -OCH3 is 1. The molecule has 0 spiro atoms. The van der Waals surface area contributed by atoms with Gasteiger partial charge >= 0.3 is 0 Å². The normalized spacial score (nSPS) is 12.4. The van der Waals surface area contributed by atoms with Crippen molar-refractivity contribution in [2.24, 2.45) is 0 Å². The van der Waals surface area contributed by atoms with Gasteiger partial charge in [0, 0.05) is 24.5 Å². The van der Waals surface area contributed by atoms with Crippen LogP contribution in [0.2, 0.25) is 0 Å². The van der Waals surface area contributed by atoms with Crippen LogP contribution in [-0.4, -0.2) is 19.8 Å². The number of nitrogens with two attached hydrogens (primary N) is 1. The van der Waals surface area contributed by atoms with Gasteiger partial charge in [-0.25, -0.2) is 0 Å². The van der Waals surface area contributed by atoms with Gasteiger partial charge in [-0.1, -0.05) is 13.3 Å². The van der Waals surface area contributed by atoms with E-state index in [1.54, 1.807) is 7.11 Å². The summed E-state index contributed by atoms with van der Waals surface area (Å²) in [4.78, 5) is 0. The minimum absolute atomic E-state index is 0.373. The molecule has 0 heterocycles. The first-order chi connectivity index (χ1) is 7.67. The van der Waals surface area contributed by atoms with Gasteiger partial charge in [0.2, 0.25) is 0 Å². The predicted molar refractivity (Wildman–Crippen MR) is 69.8 cm³/mol. The Morgan fingerprint density at radius 3 is 2.75 bits per heavy atom. The molecule has 3 N–H and O–H groups in total. The highest BCUT2D eigenvalue weighted by Gasteiger charge is 2.08. The Morgan fingerprint density at radius 2 is 2.19 bits per heavy atom. The Bertz CT molecular complexity index is 320. The number of rotatable bonds is 6. The molecule has 0 amide bonds. The van der Waals surface area contributed by atoms with Crippen LogP contribution >= 0.6 is 0 Å². The Labute approximate surface area is 98.0 Å². The molecule has 0 aliphatic rings. The summed E-state index contributed by atoms with van der Waals surface area (Å²) in [5, 5.41) is 3.50. The van der Waals surface area contributed by atoms with E-state index in [0.717, 1.165) is 30.8 Å². The molecular formula is C13H22N2O. The van der Waals surface area contributed by atoms with Crippen LogP contribution in [0.4, 0.5) is 11.4 Å². The molecule has 0 bridgehead atoms. The van der Waals surface area contributed by atoms with Gasteiger partial charge in [-0.3, -0.25) is 0 Å².